The van der Waals surface area contributed by atoms with Gasteiger partial charge in [0.15, 0.2) is 0 Å². The van der Waals surface area contributed by atoms with E-state index in [0.29, 0.717) is 17.5 Å². The van der Waals surface area contributed by atoms with Gasteiger partial charge < -0.3 is 5.32 Å². The maximum absolute atomic E-state index is 13.4. The Bertz CT molecular complexity index is 398. The summed E-state index contributed by atoms with van der Waals surface area (Å²) in [7, 11) is 0. The maximum Gasteiger partial charge on any atom is 0.252 e. The molecular weight excluding hydrogens is 181 g/mol. The number of amides is 1. The lowest BCUT2D eigenvalue weighted by Crippen LogP contribution is -2.49. The molecule has 1 aliphatic heterocycles. The topological polar surface area (TPSA) is 29.1 Å². The van der Waals surface area contributed by atoms with E-state index in [1.165, 1.54) is 6.07 Å². The molecule has 1 aromatic rings. The predicted octanol–water partition coefficient (Wildman–Crippen LogP) is 1.89. The highest BCUT2D eigenvalue weighted by atomic mass is 19.1. The first kappa shape index (κ1) is 9.19. The molecule has 0 spiro atoms. The Morgan fingerprint density at radius 2 is 2.14 bits per heavy atom. The molecule has 0 radical (unpaired) electrons. The molecule has 1 N–H and O–H groups in total. The van der Waals surface area contributed by atoms with Gasteiger partial charge in [0.25, 0.3) is 5.91 Å². The van der Waals surface area contributed by atoms with Crippen LogP contribution < -0.4 is 5.32 Å². The van der Waals surface area contributed by atoms with Crippen molar-refractivity contribution in [3.05, 3.63) is 35.1 Å². The van der Waals surface area contributed by atoms with Gasteiger partial charge in [0.2, 0.25) is 0 Å². The lowest BCUT2D eigenvalue weighted by molar-refractivity contribution is 0.0895. The molecule has 0 saturated carbocycles. The van der Waals surface area contributed by atoms with Crippen LogP contribution >= 0.6 is 0 Å². The molecule has 1 heterocycles. The zero-order chi connectivity index (χ0) is 10.3. The van der Waals surface area contributed by atoms with Crippen molar-refractivity contribution >= 4 is 5.91 Å². The largest absolute Gasteiger partial charge is 0.347 e. The van der Waals surface area contributed by atoms with E-state index in [-0.39, 0.29) is 17.3 Å². The molecule has 2 rings (SSSR count). The summed E-state index contributed by atoms with van der Waals surface area (Å²) in [6.07, 6.45) is 0.542. The van der Waals surface area contributed by atoms with Crippen molar-refractivity contribution in [1.29, 1.82) is 0 Å². The van der Waals surface area contributed by atoms with Crippen LogP contribution in [0.3, 0.4) is 0 Å². The minimum atomic E-state index is -0.355. The quantitative estimate of drug-likeness (QED) is 0.669. The summed E-state index contributed by atoms with van der Waals surface area (Å²) < 4.78 is 13.4. The number of hydrogen-bond donors (Lipinski definition) is 1. The Morgan fingerprint density at radius 3 is 2.86 bits per heavy atom. The standard InChI is InChI=1S/C11H12FNO/c1-11(2)6-8-7(10(14)13-11)4-3-5-9(8)12/h3-5H,6H2,1-2H3,(H,13,14). The first-order chi connectivity index (χ1) is 6.49. The Morgan fingerprint density at radius 1 is 1.43 bits per heavy atom. The SMILES string of the molecule is CC1(C)Cc2c(F)cccc2C(=O)N1. The van der Waals surface area contributed by atoms with Gasteiger partial charge >= 0.3 is 0 Å². The van der Waals surface area contributed by atoms with Crippen molar-refractivity contribution in [3.63, 3.8) is 0 Å². The fraction of sp³-hybridized carbons (Fsp3) is 0.364. The van der Waals surface area contributed by atoms with E-state index >= 15 is 0 Å². The summed E-state index contributed by atoms with van der Waals surface area (Å²) in [6, 6.07) is 4.61. The molecular formula is C11H12FNO. The Balaban J connectivity index is 2.56. The van der Waals surface area contributed by atoms with Crippen LogP contribution in [0.5, 0.6) is 0 Å². The monoisotopic (exact) mass is 193 g/mol. The van der Waals surface area contributed by atoms with E-state index in [1.807, 2.05) is 13.8 Å². The first-order valence-electron chi connectivity index (χ1n) is 4.59. The van der Waals surface area contributed by atoms with Crippen LogP contribution in [0.25, 0.3) is 0 Å². The second kappa shape index (κ2) is 2.80. The van der Waals surface area contributed by atoms with Crippen LogP contribution in [0.2, 0.25) is 0 Å². The minimum absolute atomic E-state index is 0.184. The van der Waals surface area contributed by atoms with Crippen molar-refractivity contribution in [2.24, 2.45) is 0 Å². The molecule has 1 aliphatic rings. The third-order valence-electron chi connectivity index (χ3n) is 2.43. The number of nitrogens with one attached hydrogen (secondary N) is 1. The summed E-state index contributed by atoms with van der Waals surface area (Å²) in [5.74, 6) is -0.471. The number of hydrogen-bond acceptors (Lipinski definition) is 1. The fourth-order valence-electron chi connectivity index (χ4n) is 1.81. The zero-order valence-electron chi connectivity index (χ0n) is 8.23. The normalized spacial score (nSPS) is 18.6. The van der Waals surface area contributed by atoms with Gasteiger partial charge in [0, 0.05) is 16.7 Å². The molecule has 0 fully saturated rings. The van der Waals surface area contributed by atoms with E-state index in [0.717, 1.165) is 0 Å². The molecule has 3 heteroatoms. The number of benzene rings is 1. The third-order valence-corrected chi connectivity index (χ3v) is 2.43. The summed E-state index contributed by atoms with van der Waals surface area (Å²) >= 11 is 0. The van der Waals surface area contributed by atoms with Gasteiger partial charge in [-0.05, 0) is 32.4 Å². The van der Waals surface area contributed by atoms with Crippen molar-refractivity contribution in [2.75, 3.05) is 0 Å². The van der Waals surface area contributed by atoms with Crippen LogP contribution in [-0.4, -0.2) is 11.4 Å². The van der Waals surface area contributed by atoms with Gasteiger partial charge in [-0.2, -0.15) is 0 Å². The van der Waals surface area contributed by atoms with E-state index in [9.17, 15) is 9.18 Å². The number of rotatable bonds is 0. The van der Waals surface area contributed by atoms with Gasteiger partial charge in [-0.25, -0.2) is 4.39 Å². The van der Waals surface area contributed by atoms with Gasteiger partial charge in [-0.3, -0.25) is 4.79 Å². The Kier molecular flexibility index (Phi) is 1.84. The van der Waals surface area contributed by atoms with Crippen LogP contribution in [0, 0.1) is 5.82 Å². The molecule has 0 aliphatic carbocycles. The van der Waals surface area contributed by atoms with Crippen LogP contribution in [0.1, 0.15) is 29.8 Å². The number of fused-ring (bicyclic) bond motifs is 1. The fourth-order valence-corrected chi connectivity index (χ4v) is 1.81. The number of carbonyl (C=O) groups excluding carboxylic acids is 1. The van der Waals surface area contributed by atoms with E-state index in [4.69, 9.17) is 0 Å². The van der Waals surface area contributed by atoms with Crippen LogP contribution in [0.4, 0.5) is 4.39 Å². The van der Waals surface area contributed by atoms with Crippen molar-refractivity contribution in [2.45, 2.75) is 25.8 Å². The minimum Gasteiger partial charge on any atom is -0.347 e. The Labute approximate surface area is 82.1 Å². The van der Waals surface area contributed by atoms with E-state index in [2.05, 4.69) is 5.32 Å². The van der Waals surface area contributed by atoms with Gasteiger partial charge in [-0.1, -0.05) is 6.07 Å². The highest BCUT2D eigenvalue weighted by molar-refractivity contribution is 5.97. The van der Waals surface area contributed by atoms with E-state index in [1.54, 1.807) is 12.1 Å². The number of halogens is 1. The van der Waals surface area contributed by atoms with Crippen LogP contribution in [0.15, 0.2) is 18.2 Å². The van der Waals surface area contributed by atoms with E-state index < -0.39 is 0 Å². The molecule has 0 bridgehead atoms. The molecule has 14 heavy (non-hydrogen) atoms. The van der Waals surface area contributed by atoms with Crippen molar-refractivity contribution < 1.29 is 9.18 Å². The van der Waals surface area contributed by atoms with Crippen molar-refractivity contribution in [1.82, 2.24) is 5.32 Å². The van der Waals surface area contributed by atoms with Crippen molar-refractivity contribution in [3.8, 4) is 0 Å². The smallest absolute Gasteiger partial charge is 0.252 e. The molecule has 0 aromatic heterocycles. The second-order valence-electron chi connectivity index (χ2n) is 4.28. The summed E-state index contributed by atoms with van der Waals surface area (Å²) in [4.78, 5) is 11.6. The predicted molar refractivity (Wildman–Crippen MR) is 51.6 cm³/mol. The number of carbonyl (C=O) groups is 1. The highest BCUT2D eigenvalue weighted by Crippen LogP contribution is 2.24. The van der Waals surface area contributed by atoms with Gasteiger partial charge in [0.05, 0.1) is 0 Å². The molecule has 2 nitrogen and oxygen atoms in total. The molecule has 0 atom stereocenters. The first-order valence-corrected chi connectivity index (χ1v) is 4.59. The lowest BCUT2D eigenvalue weighted by atomic mass is 9.87. The second-order valence-corrected chi connectivity index (χ2v) is 4.28. The van der Waals surface area contributed by atoms with Gasteiger partial charge in [-0.15, -0.1) is 0 Å². The molecule has 1 amide bonds. The summed E-state index contributed by atoms with van der Waals surface area (Å²) in [5, 5.41) is 2.83. The average molecular weight is 193 g/mol. The summed E-state index contributed by atoms with van der Waals surface area (Å²) in [5.41, 5.74) is 0.636. The maximum atomic E-state index is 13.4. The third kappa shape index (κ3) is 1.39. The lowest BCUT2D eigenvalue weighted by Gasteiger charge is -2.32. The summed E-state index contributed by atoms with van der Waals surface area (Å²) in [6.45, 7) is 3.78. The molecule has 0 saturated heterocycles. The van der Waals surface area contributed by atoms with Gasteiger partial charge in [0.1, 0.15) is 5.82 Å². The molecule has 74 valence electrons. The average Bonchev–Trinajstić information content (AvgIpc) is 2.05. The Hall–Kier alpha value is -1.38. The molecule has 1 aromatic carbocycles. The zero-order valence-corrected chi connectivity index (χ0v) is 8.23. The molecule has 0 unspecified atom stereocenters. The van der Waals surface area contributed by atoms with Crippen LogP contribution in [-0.2, 0) is 6.42 Å². The highest BCUT2D eigenvalue weighted by Gasteiger charge is 2.31.